The Morgan fingerprint density at radius 3 is 2.67 bits per heavy atom. The fraction of sp³-hybridized carbons (Fsp3) is 0.600. The van der Waals surface area contributed by atoms with Gasteiger partial charge in [0, 0.05) is 30.9 Å². The minimum atomic E-state index is -0.470. The van der Waals surface area contributed by atoms with Gasteiger partial charge in [0.2, 0.25) is 5.82 Å². The predicted molar refractivity (Wildman–Crippen MR) is 76.5 cm³/mol. The SMILES string of the molecule is CC(C)(C)OC(=O)N1CCC(c2ccnc(C#N)n2)CC1. The number of likely N-dealkylation sites (tertiary alicyclic amines) is 1. The second kappa shape index (κ2) is 6.08. The van der Waals surface area contributed by atoms with E-state index < -0.39 is 5.60 Å². The molecule has 1 aliphatic rings. The van der Waals surface area contributed by atoms with E-state index >= 15 is 0 Å². The van der Waals surface area contributed by atoms with Gasteiger partial charge in [-0.15, -0.1) is 0 Å². The minimum absolute atomic E-state index is 0.196. The van der Waals surface area contributed by atoms with Gasteiger partial charge in [-0.25, -0.2) is 14.8 Å². The summed E-state index contributed by atoms with van der Waals surface area (Å²) in [6.45, 7) is 6.88. The van der Waals surface area contributed by atoms with Crippen molar-refractivity contribution in [2.45, 2.75) is 45.1 Å². The smallest absolute Gasteiger partial charge is 0.410 e. The molecule has 0 spiro atoms. The van der Waals surface area contributed by atoms with Crippen LogP contribution in [0.15, 0.2) is 12.3 Å². The number of aromatic nitrogens is 2. The minimum Gasteiger partial charge on any atom is -0.444 e. The van der Waals surface area contributed by atoms with Crippen molar-refractivity contribution in [1.82, 2.24) is 14.9 Å². The summed E-state index contributed by atoms with van der Waals surface area (Å²) in [5.74, 6) is 0.459. The summed E-state index contributed by atoms with van der Waals surface area (Å²) in [4.78, 5) is 21.8. The third-order valence-corrected chi connectivity index (χ3v) is 3.34. The Kier molecular flexibility index (Phi) is 4.41. The normalized spacial score (nSPS) is 16.4. The highest BCUT2D eigenvalue weighted by Crippen LogP contribution is 2.27. The third-order valence-electron chi connectivity index (χ3n) is 3.34. The van der Waals surface area contributed by atoms with E-state index in [1.54, 1.807) is 11.1 Å². The lowest BCUT2D eigenvalue weighted by molar-refractivity contribution is 0.0204. The quantitative estimate of drug-likeness (QED) is 0.793. The Balaban J connectivity index is 1.94. The summed E-state index contributed by atoms with van der Waals surface area (Å²) in [6, 6.07) is 3.79. The molecule has 112 valence electrons. The number of carbonyl (C=O) groups excluding carboxylic acids is 1. The number of hydrogen-bond acceptors (Lipinski definition) is 5. The van der Waals surface area contributed by atoms with Crippen LogP contribution in [-0.4, -0.2) is 39.7 Å². The molecule has 0 unspecified atom stereocenters. The molecule has 0 atom stereocenters. The first kappa shape index (κ1) is 15.2. The Morgan fingerprint density at radius 1 is 1.43 bits per heavy atom. The lowest BCUT2D eigenvalue weighted by Gasteiger charge is -2.33. The molecular weight excluding hydrogens is 268 g/mol. The zero-order chi connectivity index (χ0) is 15.5. The van der Waals surface area contributed by atoms with E-state index in [4.69, 9.17) is 10.00 Å². The number of hydrogen-bond donors (Lipinski definition) is 0. The summed E-state index contributed by atoms with van der Waals surface area (Å²) < 4.78 is 5.37. The van der Waals surface area contributed by atoms with Gasteiger partial charge >= 0.3 is 6.09 Å². The maximum absolute atomic E-state index is 12.0. The number of ether oxygens (including phenoxy) is 1. The van der Waals surface area contributed by atoms with Crippen LogP contribution in [0.2, 0.25) is 0 Å². The third kappa shape index (κ3) is 4.15. The average molecular weight is 288 g/mol. The van der Waals surface area contributed by atoms with Gasteiger partial charge in [0.15, 0.2) is 0 Å². The van der Waals surface area contributed by atoms with Crippen LogP contribution in [-0.2, 0) is 4.74 Å². The lowest BCUT2D eigenvalue weighted by atomic mass is 9.93. The molecule has 1 amide bonds. The molecule has 0 bridgehead atoms. The highest BCUT2D eigenvalue weighted by Gasteiger charge is 2.28. The zero-order valence-corrected chi connectivity index (χ0v) is 12.7. The van der Waals surface area contributed by atoms with Crippen molar-refractivity contribution in [3.63, 3.8) is 0 Å². The van der Waals surface area contributed by atoms with Crippen LogP contribution in [0.25, 0.3) is 0 Å². The molecule has 1 saturated heterocycles. The van der Waals surface area contributed by atoms with Gasteiger partial charge in [0.05, 0.1) is 0 Å². The first-order chi connectivity index (χ1) is 9.89. The molecule has 21 heavy (non-hydrogen) atoms. The molecule has 1 aromatic heterocycles. The largest absolute Gasteiger partial charge is 0.444 e. The molecule has 0 saturated carbocycles. The van der Waals surface area contributed by atoms with Gasteiger partial charge < -0.3 is 9.64 Å². The highest BCUT2D eigenvalue weighted by atomic mass is 16.6. The predicted octanol–water partition coefficient (Wildman–Crippen LogP) is 2.46. The van der Waals surface area contributed by atoms with E-state index in [1.807, 2.05) is 32.9 Å². The van der Waals surface area contributed by atoms with Crippen LogP contribution in [0.4, 0.5) is 4.79 Å². The highest BCUT2D eigenvalue weighted by molar-refractivity contribution is 5.68. The van der Waals surface area contributed by atoms with E-state index in [1.165, 1.54) is 0 Å². The molecule has 0 N–H and O–H groups in total. The molecule has 6 nitrogen and oxygen atoms in total. The second-order valence-electron chi connectivity index (χ2n) is 6.16. The number of carbonyl (C=O) groups is 1. The van der Waals surface area contributed by atoms with Crippen molar-refractivity contribution in [3.05, 3.63) is 23.8 Å². The van der Waals surface area contributed by atoms with E-state index in [-0.39, 0.29) is 17.8 Å². The van der Waals surface area contributed by atoms with Crippen LogP contribution < -0.4 is 0 Å². The summed E-state index contributed by atoms with van der Waals surface area (Å²) in [6.07, 6.45) is 2.99. The van der Waals surface area contributed by atoms with Crippen LogP contribution in [0.5, 0.6) is 0 Å². The number of rotatable bonds is 1. The van der Waals surface area contributed by atoms with Crippen LogP contribution in [0.1, 0.15) is 51.0 Å². The van der Waals surface area contributed by atoms with Crippen molar-refractivity contribution in [3.8, 4) is 6.07 Å². The van der Waals surface area contributed by atoms with E-state index in [2.05, 4.69) is 9.97 Å². The van der Waals surface area contributed by atoms with Crippen LogP contribution in [0.3, 0.4) is 0 Å². The summed E-state index contributed by atoms with van der Waals surface area (Å²) in [7, 11) is 0. The summed E-state index contributed by atoms with van der Waals surface area (Å²) in [5, 5.41) is 8.84. The maximum atomic E-state index is 12.0. The topological polar surface area (TPSA) is 79.1 Å². The van der Waals surface area contributed by atoms with Crippen molar-refractivity contribution < 1.29 is 9.53 Å². The average Bonchev–Trinajstić information content (AvgIpc) is 2.46. The molecule has 2 rings (SSSR count). The number of piperidine rings is 1. The standard InChI is InChI=1S/C15H20N4O2/c1-15(2,3)21-14(20)19-8-5-11(6-9-19)12-4-7-17-13(10-16)18-12/h4,7,11H,5-6,8-9H2,1-3H3. The zero-order valence-electron chi connectivity index (χ0n) is 12.7. The molecule has 0 aliphatic carbocycles. The van der Waals surface area contributed by atoms with Crippen LogP contribution in [0, 0.1) is 11.3 Å². The van der Waals surface area contributed by atoms with Crippen molar-refractivity contribution >= 4 is 6.09 Å². The second-order valence-corrected chi connectivity index (χ2v) is 6.16. The monoisotopic (exact) mass is 288 g/mol. The first-order valence-corrected chi connectivity index (χ1v) is 7.10. The molecule has 0 radical (unpaired) electrons. The lowest BCUT2D eigenvalue weighted by Crippen LogP contribution is -2.41. The fourth-order valence-electron chi connectivity index (χ4n) is 2.34. The van der Waals surface area contributed by atoms with E-state index in [0.29, 0.717) is 13.1 Å². The molecular formula is C15H20N4O2. The first-order valence-electron chi connectivity index (χ1n) is 7.10. The number of amides is 1. The maximum Gasteiger partial charge on any atom is 0.410 e. The van der Waals surface area contributed by atoms with Gasteiger partial charge in [-0.05, 0) is 39.7 Å². The Bertz CT molecular complexity index is 552. The van der Waals surface area contributed by atoms with Crippen molar-refractivity contribution in [2.24, 2.45) is 0 Å². The van der Waals surface area contributed by atoms with Gasteiger partial charge in [0.25, 0.3) is 0 Å². The molecule has 1 aliphatic heterocycles. The van der Waals surface area contributed by atoms with Crippen molar-refractivity contribution in [2.75, 3.05) is 13.1 Å². The fourth-order valence-corrected chi connectivity index (χ4v) is 2.34. The van der Waals surface area contributed by atoms with E-state index in [0.717, 1.165) is 18.5 Å². The summed E-state index contributed by atoms with van der Waals surface area (Å²) >= 11 is 0. The van der Waals surface area contributed by atoms with Gasteiger partial charge in [0.1, 0.15) is 11.7 Å². The number of nitrogens with zero attached hydrogens (tertiary/aromatic N) is 4. The van der Waals surface area contributed by atoms with Crippen molar-refractivity contribution in [1.29, 1.82) is 5.26 Å². The van der Waals surface area contributed by atoms with Crippen LogP contribution >= 0.6 is 0 Å². The molecule has 0 aromatic carbocycles. The van der Waals surface area contributed by atoms with Gasteiger partial charge in [-0.1, -0.05) is 0 Å². The molecule has 6 heteroatoms. The Labute approximate surface area is 124 Å². The Hall–Kier alpha value is -2.16. The van der Waals surface area contributed by atoms with E-state index in [9.17, 15) is 4.79 Å². The Morgan fingerprint density at radius 2 is 2.10 bits per heavy atom. The molecule has 2 heterocycles. The molecule has 1 aromatic rings. The number of nitriles is 1. The van der Waals surface area contributed by atoms with Gasteiger partial charge in [-0.2, -0.15) is 5.26 Å². The summed E-state index contributed by atoms with van der Waals surface area (Å²) in [5.41, 5.74) is 0.410. The molecule has 1 fully saturated rings. The van der Waals surface area contributed by atoms with Gasteiger partial charge in [-0.3, -0.25) is 0 Å².